The number of rotatable bonds is 5. The number of nitrogens with zero attached hydrogens (tertiary/aromatic N) is 2. The highest BCUT2D eigenvalue weighted by Crippen LogP contribution is 2.08. The monoisotopic (exact) mass is 277 g/mol. The van der Waals surface area contributed by atoms with Gasteiger partial charge in [0.15, 0.2) is 0 Å². The second-order valence-electron chi connectivity index (χ2n) is 4.97. The van der Waals surface area contributed by atoms with Crippen LogP contribution in [0.3, 0.4) is 0 Å². The quantitative estimate of drug-likeness (QED) is 0.822. The first kappa shape index (κ1) is 14.8. The molecule has 0 saturated carbocycles. The van der Waals surface area contributed by atoms with Gasteiger partial charge < -0.3 is 15.0 Å². The third kappa shape index (κ3) is 4.51. The van der Waals surface area contributed by atoms with Crippen LogP contribution in [0, 0.1) is 0 Å². The summed E-state index contributed by atoms with van der Waals surface area (Å²) in [6, 6.07) is 10.5. The number of carbonyl (C=O) groups excluding carboxylic acids is 1. The molecule has 2 amide bonds. The van der Waals surface area contributed by atoms with E-state index in [1.54, 1.807) is 7.11 Å². The maximum absolute atomic E-state index is 11.9. The van der Waals surface area contributed by atoms with E-state index >= 15 is 0 Å². The minimum atomic E-state index is 0.0152. The highest BCUT2D eigenvalue weighted by atomic mass is 16.5. The van der Waals surface area contributed by atoms with Crippen LogP contribution in [-0.2, 0) is 11.3 Å². The van der Waals surface area contributed by atoms with Crippen molar-refractivity contribution in [3.63, 3.8) is 0 Å². The SMILES string of the molecule is COCCNC(=O)N1CCN(Cc2ccccc2)CC1. The van der Waals surface area contributed by atoms with Crippen molar-refractivity contribution in [2.75, 3.05) is 46.4 Å². The number of piperazine rings is 1. The molecule has 20 heavy (non-hydrogen) atoms. The summed E-state index contributed by atoms with van der Waals surface area (Å²) in [7, 11) is 1.63. The number of nitrogens with one attached hydrogen (secondary N) is 1. The summed E-state index contributed by atoms with van der Waals surface area (Å²) >= 11 is 0. The first-order valence-electron chi connectivity index (χ1n) is 7.07. The van der Waals surface area contributed by atoms with Crippen LogP contribution >= 0.6 is 0 Å². The van der Waals surface area contributed by atoms with Crippen molar-refractivity contribution in [1.82, 2.24) is 15.1 Å². The van der Waals surface area contributed by atoms with Gasteiger partial charge in [-0.15, -0.1) is 0 Å². The summed E-state index contributed by atoms with van der Waals surface area (Å²) in [6.45, 7) is 5.50. The van der Waals surface area contributed by atoms with Gasteiger partial charge >= 0.3 is 6.03 Å². The van der Waals surface area contributed by atoms with Crippen LogP contribution < -0.4 is 5.32 Å². The molecule has 0 aliphatic carbocycles. The van der Waals surface area contributed by atoms with Gasteiger partial charge in [-0.05, 0) is 5.56 Å². The Morgan fingerprint density at radius 3 is 2.55 bits per heavy atom. The fourth-order valence-corrected chi connectivity index (χ4v) is 2.32. The van der Waals surface area contributed by atoms with Crippen molar-refractivity contribution in [2.45, 2.75) is 6.54 Å². The molecule has 5 nitrogen and oxygen atoms in total. The van der Waals surface area contributed by atoms with E-state index in [2.05, 4.69) is 34.5 Å². The van der Waals surface area contributed by atoms with Gasteiger partial charge in [0.05, 0.1) is 6.61 Å². The van der Waals surface area contributed by atoms with E-state index in [0.29, 0.717) is 13.2 Å². The van der Waals surface area contributed by atoms with E-state index < -0.39 is 0 Å². The highest BCUT2D eigenvalue weighted by molar-refractivity contribution is 5.74. The molecule has 1 saturated heterocycles. The van der Waals surface area contributed by atoms with Gasteiger partial charge in [-0.3, -0.25) is 4.90 Å². The van der Waals surface area contributed by atoms with Crippen LogP contribution in [-0.4, -0.2) is 62.3 Å². The molecule has 110 valence electrons. The molecule has 1 aromatic rings. The number of carbonyl (C=O) groups is 1. The molecule has 0 aromatic heterocycles. The van der Waals surface area contributed by atoms with Gasteiger partial charge in [0.25, 0.3) is 0 Å². The average molecular weight is 277 g/mol. The van der Waals surface area contributed by atoms with E-state index in [4.69, 9.17) is 4.74 Å². The smallest absolute Gasteiger partial charge is 0.317 e. The number of benzene rings is 1. The lowest BCUT2D eigenvalue weighted by Crippen LogP contribution is -2.51. The second kappa shape index (κ2) is 7.87. The molecule has 1 aliphatic heterocycles. The minimum absolute atomic E-state index is 0.0152. The lowest BCUT2D eigenvalue weighted by molar-refractivity contribution is 0.132. The Kier molecular flexibility index (Phi) is 5.83. The van der Waals surface area contributed by atoms with Crippen molar-refractivity contribution in [3.8, 4) is 0 Å². The highest BCUT2D eigenvalue weighted by Gasteiger charge is 2.20. The number of ether oxygens (including phenoxy) is 1. The van der Waals surface area contributed by atoms with Crippen molar-refractivity contribution in [2.24, 2.45) is 0 Å². The normalized spacial score (nSPS) is 16.1. The molecule has 0 unspecified atom stereocenters. The summed E-state index contributed by atoms with van der Waals surface area (Å²) in [5, 5.41) is 2.86. The largest absolute Gasteiger partial charge is 0.383 e. The Morgan fingerprint density at radius 2 is 1.90 bits per heavy atom. The summed E-state index contributed by atoms with van der Waals surface area (Å²) in [5.41, 5.74) is 1.32. The Hall–Kier alpha value is -1.59. The zero-order valence-electron chi connectivity index (χ0n) is 12.0. The molecular weight excluding hydrogens is 254 g/mol. The van der Waals surface area contributed by atoms with Gasteiger partial charge in [0.1, 0.15) is 0 Å². The molecular formula is C15H23N3O2. The first-order valence-corrected chi connectivity index (χ1v) is 7.07. The zero-order chi connectivity index (χ0) is 14.2. The van der Waals surface area contributed by atoms with Crippen molar-refractivity contribution in [1.29, 1.82) is 0 Å². The fourth-order valence-electron chi connectivity index (χ4n) is 2.32. The molecule has 0 atom stereocenters. The predicted molar refractivity (Wildman–Crippen MR) is 78.6 cm³/mol. The maximum atomic E-state index is 11.9. The van der Waals surface area contributed by atoms with Gasteiger partial charge in [0.2, 0.25) is 0 Å². The van der Waals surface area contributed by atoms with Gasteiger partial charge in [-0.25, -0.2) is 4.79 Å². The number of amides is 2. The predicted octanol–water partition coefficient (Wildman–Crippen LogP) is 1.16. The van der Waals surface area contributed by atoms with Crippen LogP contribution in [0.5, 0.6) is 0 Å². The third-order valence-electron chi connectivity index (χ3n) is 3.49. The fraction of sp³-hybridized carbons (Fsp3) is 0.533. The molecule has 0 spiro atoms. The summed E-state index contributed by atoms with van der Waals surface area (Å²) < 4.78 is 4.92. The van der Waals surface area contributed by atoms with Gasteiger partial charge in [-0.1, -0.05) is 30.3 Å². The standard InChI is InChI=1S/C15H23N3O2/c1-20-12-7-16-15(19)18-10-8-17(9-11-18)13-14-5-3-2-4-6-14/h2-6H,7-13H2,1H3,(H,16,19). The Balaban J connectivity index is 1.71. The van der Waals surface area contributed by atoms with Crippen LogP contribution in [0.1, 0.15) is 5.56 Å². The second-order valence-corrected chi connectivity index (χ2v) is 4.97. The lowest BCUT2D eigenvalue weighted by Gasteiger charge is -2.34. The number of urea groups is 1. The van der Waals surface area contributed by atoms with Crippen LogP contribution in [0.25, 0.3) is 0 Å². The van der Waals surface area contributed by atoms with E-state index in [1.807, 2.05) is 11.0 Å². The van der Waals surface area contributed by atoms with Gasteiger partial charge in [-0.2, -0.15) is 0 Å². The Morgan fingerprint density at radius 1 is 1.20 bits per heavy atom. The van der Waals surface area contributed by atoms with Crippen LogP contribution in [0.2, 0.25) is 0 Å². The summed E-state index contributed by atoms with van der Waals surface area (Å²) in [5.74, 6) is 0. The topological polar surface area (TPSA) is 44.8 Å². The molecule has 1 N–H and O–H groups in total. The summed E-state index contributed by atoms with van der Waals surface area (Å²) in [6.07, 6.45) is 0. The molecule has 0 radical (unpaired) electrons. The lowest BCUT2D eigenvalue weighted by atomic mass is 10.2. The Labute approximate surface area is 120 Å². The van der Waals surface area contributed by atoms with E-state index in [0.717, 1.165) is 32.7 Å². The zero-order valence-corrected chi connectivity index (χ0v) is 12.0. The van der Waals surface area contributed by atoms with Crippen molar-refractivity contribution < 1.29 is 9.53 Å². The molecule has 1 heterocycles. The molecule has 2 rings (SSSR count). The molecule has 5 heteroatoms. The number of hydrogen-bond donors (Lipinski definition) is 1. The molecule has 1 aromatic carbocycles. The van der Waals surface area contributed by atoms with Crippen LogP contribution in [0.15, 0.2) is 30.3 Å². The number of methoxy groups -OCH3 is 1. The molecule has 1 aliphatic rings. The van der Waals surface area contributed by atoms with Gasteiger partial charge in [0, 0.05) is 46.4 Å². The van der Waals surface area contributed by atoms with E-state index in [1.165, 1.54) is 5.56 Å². The minimum Gasteiger partial charge on any atom is -0.383 e. The average Bonchev–Trinajstić information content (AvgIpc) is 2.49. The van der Waals surface area contributed by atoms with Crippen molar-refractivity contribution >= 4 is 6.03 Å². The first-order chi connectivity index (χ1) is 9.79. The maximum Gasteiger partial charge on any atom is 0.317 e. The van der Waals surface area contributed by atoms with Crippen LogP contribution in [0.4, 0.5) is 4.79 Å². The summed E-state index contributed by atoms with van der Waals surface area (Å²) in [4.78, 5) is 16.1. The Bertz CT molecular complexity index is 403. The molecule has 1 fully saturated rings. The van der Waals surface area contributed by atoms with Crippen molar-refractivity contribution in [3.05, 3.63) is 35.9 Å². The third-order valence-corrected chi connectivity index (χ3v) is 3.49. The van der Waals surface area contributed by atoms with E-state index in [-0.39, 0.29) is 6.03 Å². The molecule has 0 bridgehead atoms. The van der Waals surface area contributed by atoms with E-state index in [9.17, 15) is 4.79 Å². The number of hydrogen-bond acceptors (Lipinski definition) is 3.